The standard InChI is InChI=1S/C35H27N3O6/c1-43-27-17-16-26(18-28(27)44-2)29-30(33(39)24-14-10-22(20-37)11-15-24)31(23-12-8-21(19-36)9-13-23)38(32(29)35(41)42)34(40)25-6-4-3-5-7-25/h3-18,29-32H,1-2H3,(H,41,42). The number of methoxy groups -OCH3 is 2. The smallest absolute Gasteiger partial charge is 0.327 e. The fourth-order valence-electron chi connectivity index (χ4n) is 5.95. The van der Waals surface area contributed by atoms with E-state index in [0.29, 0.717) is 33.8 Å². The van der Waals surface area contributed by atoms with Crippen LogP contribution in [0.25, 0.3) is 0 Å². The zero-order chi connectivity index (χ0) is 31.4. The number of carboxylic acid groups (broad SMARTS) is 1. The SMILES string of the molecule is COc1ccc(C2C(C(=O)c3ccc(C#N)cc3)C(c3ccc(C#N)cc3)N(C(=O)c3ccccc3)C2C(=O)O)cc1OC. The van der Waals surface area contributed by atoms with Crippen LogP contribution < -0.4 is 9.47 Å². The molecule has 9 heteroatoms. The second kappa shape index (κ2) is 12.5. The molecule has 4 unspecified atom stereocenters. The van der Waals surface area contributed by atoms with Gasteiger partial charge in [-0.3, -0.25) is 9.59 Å². The number of nitriles is 2. The Morgan fingerprint density at radius 2 is 1.30 bits per heavy atom. The van der Waals surface area contributed by atoms with Crippen molar-refractivity contribution in [2.75, 3.05) is 14.2 Å². The highest BCUT2D eigenvalue weighted by atomic mass is 16.5. The Morgan fingerprint density at radius 1 is 0.727 bits per heavy atom. The molecule has 4 aromatic carbocycles. The first-order valence-corrected chi connectivity index (χ1v) is 13.7. The highest BCUT2D eigenvalue weighted by Gasteiger charge is 2.57. The molecule has 1 amide bonds. The molecule has 0 spiro atoms. The van der Waals surface area contributed by atoms with E-state index >= 15 is 0 Å². The molecule has 0 aromatic heterocycles. The van der Waals surface area contributed by atoms with Gasteiger partial charge in [0, 0.05) is 17.0 Å². The van der Waals surface area contributed by atoms with E-state index < -0.39 is 41.6 Å². The Kier molecular flexibility index (Phi) is 8.41. The summed E-state index contributed by atoms with van der Waals surface area (Å²) in [5.74, 6) is -3.61. The molecule has 1 aliphatic rings. The van der Waals surface area contributed by atoms with Gasteiger partial charge in [0.25, 0.3) is 5.91 Å². The summed E-state index contributed by atoms with van der Waals surface area (Å²) >= 11 is 0. The zero-order valence-corrected chi connectivity index (χ0v) is 23.9. The fraction of sp³-hybridized carbons (Fsp3) is 0.171. The predicted octanol–water partition coefficient (Wildman–Crippen LogP) is 5.38. The number of nitrogens with zero attached hydrogens (tertiary/aromatic N) is 3. The van der Waals surface area contributed by atoms with Gasteiger partial charge in [0.05, 0.1) is 49.4 Å². The monoisotopic (exact) mass is 585 g/mol. The maximum absolute atomic E-state index is 14.6. The molecule has 0 bridgehead atoms. The summed E-state index contributed by atoms with van der Waals surface area (Å²) in [5.41, 5.74) is 2.20. The van der Waals surface area contributed by atoms with Gasteiger partial charge in [0.15, 0.2) is 17.3 Å². The maximum Gasteiger partial charge on any atom is 0.327 e. The minimum atomic E-state index is -1.46. The van der Waals surface area contributed by atoms with Crippen molar-refractivity contribution in [2.45, 2.75) is 18.0 Å². The summed E-state index contributed by atoms with van der Waals surface area (Å²) in [7, 11) is 2.93. The molecule has 1 fully saturated rings. The largest absolute Gasteiger partial charge is 0.493 e. The van der Waals surface area contributed by atoms with E-state index in [2.05, 4.69) is 6.07 Å². The van der Waals surface area contributed by atoms with Crippen molar-refractivity contribution in [1.29, 1.82) is 10.5 Å². The number of ether oxygens (including phenoxy) is 2. The van der Waals surface area contributed by atoms with Crippen molar-refractivity contribution in [1.82, 2.24) is 4.90 Å². The van der Waals surface area contributed by atoms with E-state index in [1.807, 2.05) is 6.07 Å². The summed E-state index contributed by atoms with van der Waals surface area (Å²) in [6, 6.07) is 27.4. The van der Waals surface area contributed by atoms with E-state index in [4.69, 9.17) is 9.47 Å². The van der Waals surface area contributed by atoms with Crippen LogP contribution in [0, 0.1) is 28.6 Å². The number of carbonyl (C=O) groups is 3. The van der Waals surface area contributed by atoms with Gasteiger partial charge in [-0.15, -0.1) is 0 Å². The Balaban J connectivity index is 1.80. The summed E-state index contributed by atoms with van der Waals surface area (Å²) < 4.78 is 10.9. The molecule has 5 rings (SSSR count). The Hall–Kier alpha value is -5.93. The first kappa shape index (κ1) is 29.6. The Labute approximate surface area is 254 Å². The van der Waals surface area contributed by atoms with Crippen LogP contribution in [0.2, 0.25) is 0 Å². The summed E-state index contributed by atoms with van der Waals surface area (Å²) in [6.45, 7) is 0. The van der Waals surface area contributed by atoms with E-state index in [-0.39, 0.29) is 11.1 Å². The average molecular weight is 586 g/mol. The van der Waals surface area contributed by atoms with Crippen molar-refractivity contribution in [3.05, 3.63) is 130 Å². The lowest BCUT2D eigenvalue weighted by molar-refractivity contribution is -0.142. The van der Waals surface area contributed by atoms with Crippen LogP contribution in [0.5, 0.6) is 11.5 Å². The third-order valence-electron chi connectivity index (χ3n) is 7.95. The number of benzene rings is 4. The van der Waals surface area contributed by atoms with Crippen LogP contribution >= 0.6 is 0 Å². The molecule has 0 saturated carbocycles. The summed E-state index contributed by atoms with van der Waals surface area (Å²) in [6.07, 6.45) is 0. The van der Waals surface area contributed by atoms with Crippen molar-refractivity contribution in [2.24, 2.45) is 5.92 Å². The van der Waals surface area contributed by atoms with Gasteiger partial charge < -0.3 is 19.5 Å². The number of hydrogen-bond acceptors (Lipinski definition) is 7. The minimum absolute atomic E-state index is 0.259. The third-order valence-corrected chi connectivity index (χ3v) is 7.95. The molecule has 1 aliphatic heterocycles. The molecular weight excluding hydrogens is 558 g/mol. The van der Waals surface area contributed by atoms with E-state index in [1.54, 1.807) is 72.8 Å². The maximum atomic E-state index is 14.6. The molecule has 4 aromatic rings. The van der Waals surface area contributed by atoms with Gasteiger partial charge in [0.2, 0.25) is 0 Å². The number of rotatable bonds is 8. The van der Waals surface area contributed by atoms with Crippen LogP contribution in [0.4, 0.5) is 0 Å². The zero-order valence-electron chi connectivity index (χ0n) is 23.9. The van der Waals surface area contributed by atoms with Crippen LogP contribution in [-0.2, 0) is 4.79 Å². The van der Waals surface area contributed by atoms with Gasteiger partial charge in [0.1, 0.15) is 6.04 Å². The van der Waals surface area contributed by atoms with Gasteiger partial charge in [-0.05, 0) is 59.7 Å². The molecule has 44 heavy (non-hydrogen) atoms. The molecule has 1 N–H and O–H groups in total. The highest BCUT2D eigenvalue weighted by molar-refractivity contribution is 6.03. The normalized spacial score (nSPS) is 19.0. The second-order valence-corrected chi connectivity index (χ2v) is 10.3. The quantitative estimate of drug-likeness (QED) is 0.272. The fourth-order valence-corrected chi connectivity index (χ4v) is 5.95. The number of Topliss-reactive ketones (excluding diaryl/α,β-unsaturated/α-hetero) is 1. The van der Waals surface area contributed by atoms with Crippen LogP contribution in [0.15, 0.2) is 97.1 Å². The Bertz CT molecular complexity index is 1790. The van der Waals surface area contributed by atoms with Crippen LogP contribution in [0.3, 0.4) is 0 Å². The summed E-state index contributed by atoms with van der Waals surface area (Å²) in [5, 5.41) is 29.5. The first-order valence-electron chi connectivity index (χ1n) is 13.7. The van der Waals surface area contributed by atoms with Gasteiger partial charge in [-0.2, -0.15) is 10.5 Å². The number of amides is 1. The van der Waals surface area contributed by atoms with Gasteiger partial charge >= 0.3 is 5.97 Å². The van der Waals surface area contributed by atoms with Crippen molar-refractivity contribution < 1.29 is 29.0 Å². The predicted molar refractivity (Wildman–Crippen MR) is 159 cm³/mol. The minimum Gasteiger partial charge on any atom is -0.493 e. The number of carboxylic acids is 1. The second-order valence-electron chi connectivity index (χ2n) is 10.3. The third kappa shape index (κ3) is 5.35. The molecule has 0 aliphatic carbocycles. The summed E-state index contributed by atoms with van der Waals surface area (Å²) in [4.78, 5) is 43.3. The first-order chi connectivity index (χ1) is 21.3. The van der Waals surface area contributed by atoms with E-state index in [1.165, 1.54) is 43.4 Å². The number of likely N-dealkylation sites (tertiary alicyclic amines) is 1. The van der Waals surface area contributed by atoms with Gasteiger partial charge in [-0.25, -0.2) is 4.79 Å². The van der Waals surface area contributed by atoms with E-state index in [0.717, 1.165) is 0 Å². The molecule has 218 valence electrons. The topological polar surface area (TPSA) is 141 Å². The van der Waals surface area contributed by atoms with Crippen molar-refractivity contribution >= 4 is 17.7 Å². The number of ketones is 1. The van der Waals surface area contributed by atoms with E-state index in [9.17, 15) is 30.0 Å². The van der Waals surface area contributed by atoms with Crippen LogP contribution in [0.1, 0.15) is 54.9 Å². The molecule has 1 heterocycles. The highest BCUT2D eigenvalue weighted by Crippen LogP contribution is 2.52. The molecule has 1 saturated heterocycles. The lowest BCUT2D eigenvalue weighted by atomic mass is 9.76. The van der Waals surface area contributed by atoms with Crippen molar-refractivity contribution in [3.8, 4) is 23.6 Å². The Morgan fingerprint density at radius 3 is 1.84 bits per heavy atom. The number of carbonyl (C=O) groups excluding carboxylic acids is 2. The molecule has 0 radical (unpaired) electrons. The number of aliphatic carboxylic acids is 1. The van der Waals surface area contributed by atoms with Crippen LogP contribution in [-0.4, -0.2) is 47.9 Å². The van der Waals surface area contributed by atoms with Crippen molar-refractivity contribution in [3.63, 3.8) is 0 Å². The van der Waals surface area contributed by atoms with Gasteiger partial charge in [-0.1, -0.05) is 48.5 Å². The number of hydrogen-bond donors (Lipinski definition) is 1. The molecule has 9 nitrogen and oxygen atoms in total. The average Bonchev–Trinajstić information content (AvgIpc) is 3.44. The molecule has 4 atom stereocenters. The molecular formula is C35H27N3O6. The lowest BCUT2D eigenvalue weighted by Crippen LogP contribution is -2.43. The lowest BCUT2D eigenvalue weighted by Gasteiger charge is -2.30.